The van der Waals surface area contributed by atoms with Crippen LogP contribution in [-0.4, -0.2) is 46.5 Å². The van der Waals surface area contributed by atoms with Crippen molar-refractivity contribution in [3.05, 3.63) is 5.82 Å². The average molecular weight is 227 g/mol. The van der Waals surface area contributed by atoms with Crippen LogP contribution in [0.2, 0.25) is 0 Å². The van der Waals surface area contributed by atoms with Crippen molar-refractivity contribution >= 4 is 0 Å². The molecule has 0 radical (unpaired) electrons. The number of aryl methyl sites for hydroxylation is 1. The van der Waals surface area contributed by atoms with Gasteiger partial charge in [0.15, 0.2) is 5.82 Å². The van der Waals surface area contributed by atoms with Crippen LogP contribution in [0.1, 0.15) is 25.6 Å². The van der Waals surface area contributed by atoms with Crippen LogP contribution in [0.5, 0.6) is 0 Å². The Bertz CT molecular complexity index is 288. The van der Waals surface area contributed by atoms with Crippen LogP contribution in [0.4, 0.5) is 0 Å². The fourth-order valence-electron chi connectivity index (χ4n) is 1.45. The summed E-state index contributed by atoms with van der Waals surface area (Å²) in [5.41, 5.74) is 0. The Balaban J connectivity index is 2.26. The molecule has 6 heteroatoms. The second-order valence-corrected chi connectivity index (χ2v) is 3.79. The van der Waals surface area contributed by atoms with Crippen LogP contribution in [0.3, 0.4) is 0 Å². The van der Waals surface area contributed by atoms with E-state index in [1.165, 1.54) is 4.80 Å². The van der Waals surface area contributed by atoms with Crippen molar-refractivity contribution in [2.24, 2.45) is 7.05 Å². The minimum absolute atomic E-state index is 0.348. The van der Waals surface area contributed by atoms with Gasteiger partial charge in [-0.2, -0.15) is 4.80 Å². The molecule has 1 aromatic heterocycles. The first-order chi connectivity index (χ1) is 7.76. The van der Waals surface area contributed by atoms with Gasteiger partial charge in [-0.15, -0.1) is 10.2 Å². The molecular formula is C10H21N5O. The number of hydrogen-bond acceptors (Lipinski definition) is 5. The second kappa shape index (κ2) is 7.29. The molecule has 0 aliphatic rings. The zero-order valence-electron chi connectivity index (χ0n) is 10.3. The molecule has 1 atom stereocenters. The maximum atomic E-state index is 5.46. The summed E-state index contributed by atoms with van der Waals surface area (Å²) < 4.78 is 5.46. The van der Waals surface area contributed by atoms with E-state index in [9.17, 15) is 0 Å². The number of hydrogen-bond donors (Lipinski definition) is 1. The van der Waals surface area contributed by atoms with Gasteiger partial charge in [0.1, 0.15) is 0 Å². The minimum Gasteiger partial charge on any atom is -0.381 e. The lowest BCUT2D eigenvalue weighted by Gasteiger charge is -2.13. The van der Waals surface area contributed by atoms with Crippen molar-refractivity contribution < 1.29 is 4.74 Å². The van der Waals surface area contributed by atoms with Gasteiger partial charge in [-0.1, -0.05) is 6.92 Å². The van der Waals surface area contributed by atoms with Gasteiger partial charge in [-0.05, 0) is 25.1 Å². The highest BCUT2D eigenvalue weighted by molar-refractivity contribution is 4.83. The monoisotopic (exact) mass is 227 g/mol. The van der Waals surface area contributed by atoms with E-state index in [0.717, 1.165) is 38.3 Å². The molecule has 1 unspecified atom stereocenters. The Morgan fingerprint density at radius 3 is 2.81 bits per heavy atom. The second-order valence-electron chi connectivity index (χ2n) is 3.79. The molecule has 0 aromatic carbocycles. The number of nitrogens with one attached hydrogen (secondary N) is 1. The summed E-state index contributed by atoms with van der Waals surface area (Å²) in [6, 6.07) is 0.348. The molecule has 16 heavy (non-hydrogen) atoms. The van der Waals surface area contributed by atoms with Crippen LogP contribution < -0.4 is 5.32 Å². The Morgan fingerprint density at radius 1 is 1.44 bits per heavy atom. The zero-order valence-corrected chi connectivity index (χ0v) is 10.3. The first-order valence-electron chi connectivity index (χ1n) is 5.74. The maximum absolute atomic E-state index is 5.46. The average Bonchev–Trinajstić information content (AvgIpc) is 2.68. The van der Waals surface area contributed by atoms with E-state index < -0.39 is 0 Å². The normalized spacial score (nSPS) is 12.9. The summed E-state index contributed by atoms with van der Waals surface area (Å²) >= 11 is 0. The molecule has 0 saturated heterocycles. The van der Waals surface area contributed by atoms with E-state index in [2.05, 4.69) is 27.7 Å². The molecule has 1 N–H and O–H groups in total. The fourth-order valence-corrected chi connectivity index (χ4v) is 1.45. The summed E-state index contributed by atoms with van der Waals surface area (Å²) in [7, 11) is 3.72. The summed E-state index contributed by atoms with van der Waals surface area (Å²) in [5.74, 6) is 0.775. The van der Waals surface area contributed by atoms with E-state index in [0.29, 0.717) is 6.04 Å². The van der Waals surface area contributed by atoms with E-state index in [1.54, 1.807) is 7.05 Å². The summed E-state index contributed by atoms with van der Waals surface area (Å²) in [4.78, 5) is 1.48. The third kappa shape index (κ3) is 4.67. The molecular weight excluding hydrogens is 206 g/mol. The van der Waals surface area contributed by atoms with Crippen LogP contribution in [0.25, 0.3) is 0 Å². The number of aromatic nitrogens is 4. The predicted octanol–water partition coefficient (Wildman–Crippen LogP) is 0.157. The Morgan fingerprint density at radius 2 is 2.25 bits per heavy atom. The fraction of sp³-hybridized carbons (Fsp3) is 0.900. The van der Waals surface area contributed by atoms with Gasteiger partial charge in [-0.3, -0.25) is 0 Å². The summed E-state index contributed by atoms with van der Waals surface area (Å²) in [6.07, 6.45) is 2.82. The molecule has 1 aromatic rings. The standard InChI is InChI=1S/C10H21N5O/c1-4-6-16-7-5-9(11-2)8-10-12-14-15(3)13-10/h9,11H,4-8H2,1-3H3. The molecule has 1 heterocycles. The molecule has 0 bridgehead atoms. The van der Waals surface area contributed by atoms with E-state index >= 15 is 0 Å². The smallest absolute Gasteiger partial charge is 0.176 e. The molecule has 0 amide bonds. The molecule has 0 fully saturated rings. The van der Waals surface area contributed by atoms with Crippen LogP contribution in [0, 0.1) is 0 Å². The Hall–Kier alpha value is -1.01. The third-order valence-corrected chi connectivity index (χ3v) is 2.35. The van der Waals surface area contributed by atoms with Crippen molar-refractivity contribution in [3.63, 3.8) is 0 Å². The highest BCUT2D eigenvalue weighted by Crippen LogP contribution is 2.00. The predicted molar refractivity (Wildman–Crippen MR) is 61.1 cm³/mol. The van der Waals surface area contributed by atoms with Crippen molar-refractivity contribution in [2.75, 3.05) is 20.3 Å². The van der Waals surface area contributed by atoms with Crippen LogP contribution >= 0.6 is 0 Å². The number of rotatable bonds is 8. The first kappa shape index (κ1) is 13.1. The lowest BCUT2D eigenvalue weighted by atomic mass is 10.1. The molecule has 0 aliphatic heterocycles. The van der Waals surface area contributed by atoms with Gasteiger partial charge in [0, 0.05) is 25.7 Å². The van der Waals surface area contributed by atoms with Gasteiger partial charge in [0.05, 0.1) is 7.05 Å². The van der Waals surface area contributed by atoms with E-state index in [-0.39, 0.29) is 0 Å². The molecule has 92 valence electrons. The van der Waals surface area contributed by atoms with E-state index in [4.69, 9.17) is 4.74 Å². The highest BCUT2D eigenvalue weighted by atomic mass is 16.5. The summed E-state index contributed by atoms with van der Waals surface area (Å²) in [6.45, 7) is 3.72. The maximum Gasteiger partial charge on any atom is 0.176 e. The number of ether oxygens (including phenoxy) is 1. The lowest BCUT2D eigenvalue weighted by molar-refractivity contribution is 0.125. The number of likely N-dealkylation sites (N-methyl/N-ethyl adjacent to an activating group) is 1. The molecule has 0 saturated carbocycles. The Labute approximate surface area is 96.4 Å². The number of tetrazole rings is 1. The molecule has 0 spiro atoms. The summed E-state index contributed by atoms with van der Waals surface area (Å²) in [5, 5.41) is 15.2. The van der Waals surface area contributed by atoms with Gasteiger partial charge < -0.3 is 10.1 Å². The quantitative estimate of drug-likeness (QED) is 0.641. The van der Waals surface area contributed by atoms with Crippen molar-refractivity contribution in [2.45, 2.75) is 32.2 Å². The number of nitrogens with zero attached hydrogens (tertiary/aromatic N) is 4. The van der Waals surface area contributed by atoms with Crippen molar-refractivity contribution in [1.82, 2.24) is 25.5 Å². The first-order valence-corrected chi connectivity index (χ1v) is 5.74. The lowest BCUT2D eigenvalue weighted by Crippen LogP contribution is -2.29. The topological polar surface area (TPSA) is 64.9 Å². The van der Waals surface area contributed by atoms with Crippen molar-refractivity contribution in [1.29, 1.82) is 0 Å². The molecule has 1 rings (SSSR count). The minimum atomic E-state index is 0.348. The zero-order chi connectivity index (χ0) is 11.8. The van der Waals surface area contributed by atoms with Crippen molar-refractivity contribution in [3.8, 4) is 0 Å². The SMILES string of the molecule is CCCOCCC(Cc1nnn(C)n1)NC. The van der Waals surface area contributed by atoms with E-state index in [1.807, 2.05) is 7.05 Å². The third-order valence-electron chi connectivity index (χ3n) is 2.35. The van der Waals surface area contributed by atoms with Gasteiger partial charge in [0.2, 0.25) is 0 Å². The van der Waals surface area contributed by atoms with Gasteiger partial charge >= 0.3 is 0 Å². The van der Waals surface area contributed by atoms with Crippen LogP contribution in [-0.2, 0) is 18.2 Å². The highest BCUT2D eigenvalue weighted by Gasteiger charge is 2.10. The largest absolute Gasteiger partial charge is 0.381 e. The van der Waals surface area contributed by atoms with Crippen LogP contribution in [0.15, 0.2) is 0 Å². The molecule has 0 aliphatic carbocycles. The Kier molecular flexibility index (Phi) is 5.95. The van der Waals surface area contributed by atoms with Gasteiger partial charge in [-0.25, -0.2) is 0 Å². The molecule has 6 nitrogen and oxygen atoms in total. The van der Waals surface area contributed by atoms with Gasteiger partial charge in [0.25, 0.3) is 0 Å².